The van der Waals surface area contributed by atoms with Gasteiger partial charge in [-0.2, -0.15) is 0 Å². The standard InChI is InChI=1S/C16H24N2S2/c1-3-11-7-4-5-8-12(11)18-13-9-6-10-14(20-2)15(13)16(17)19/h6,9-12,18H,3-5,7-8H2,1-2H3,(H2,17,19). The van der Waals surface area contributed by atoms with Crippen molar-refractivity contribution in [3.63, 3.8) is 0 Å². The van der Waals surface area contributed by atoms with E-state index in [1.807, 2.05) is 0 Å². The molecule has 2 unspecified atom stereocenters. The molecule has 0 aromatic heterocycles. The number of thiocarbonyl (C=S) groups is 1. The van der Waals surface area contributed by atoms with Crippen LogP contribution in [0.2, 0.25) is 0 Å². The number of anilines is 1. The summed E-state index contributed by atoms with van der Waals surface area (Å²) in [6.45, 7) is 2.29. The third kappa shape index (κ3) is 3.47. The van der Waals surface area contributed by atoms with Gasteiger partial charge in [-0.1, -0.05) is 44.5 Å². The van der Waals surface area contributed by atoms with Gasteiger partial charge in [0.25, 0.3) is 0 Å². The van der Waals surface area contributed by atoms with Crippen LogP contribution in [-0.2, 0) is 0 Å². The third-order valence-electron chi connectivity index (χ3n) is 4.27. The first-order valence-electron chi connectivity index (χ1n) is 7.40. The van der Waals surface area contributed by atoms with Crippen molar-refractivity contribution in [3.05, 3.63) is 23.8 Å². The molecular formula is C16H24N2S2. The number of nitrogens with two attached hydrogens (primary N) is 1. The van der Waals surface area contributed by atoms with Gasteiger partial charge in [-0.25, -0.2) is 0 Å². The maximum Gasteiger partial charge on any atom is 0.107 e. The fourth-order valence-electron chi connectivity index (χ4n) is 3.16. The van der Waals surface area contributed by atoms with E-state index in [4.69, 9.17) is 18.0 Å². The Morgan fingerprint density at radius 3 is 2.80 bits per heavy atom. The van der Waals surface area contributed by atoms with E-state index in [2.05, 4.69) is 36.7 Å². The molecule has 0 bridgehead atoms. The van der Waals surface area contributed by atoms with Crippen molar-refractivity contribution < 1.29 is 0 Å². The smallest absolute Gasteiger partial charge is 0.107 e. The van der Waals surface area contributed by atoms with E-state index in [0.717, 1.165) is 22.1 Å². The predicted molar refractivity (Wildman–Crippen MR) is 93.8 cm³/mol. The lowest BCUT2D eigenvalue weighted by Crippen LogP contribution is -2.32. The SMILES string of the molecule is CCC1CCCCC1Nc1cccc(SC)c1C(N)=S. The van der Waals surface area contributed by atoms with Crippen LogP contribution in [0.25, 0.3) is 0 Å². The van der Waals surface area contributed by atoms with E-state index < -0.39 is 0 Å². The number of nitrogens with one attached hydrogen (secondary N) is 1. The summed E-state index contributed by atoms with van der Waals surface area (Å²) in [5, 5.41) is 3.73. The first-order valence-corrected chi connectivity index (χ1v) is 9.04. The number of benzene rings is 1. The molecule has 4 heteroatoms. The minimum absolute atomic E-state index is 0.487. The Kier molecular flexibility index (Phi) is 5.73. The Morgan fingerprint density at radius 2 is 2.15 bits per heavy atom. The molecule has 2 rings (SSSR count). The first-order chi connectivity index (χ1) is 9.67. The van der Waals surface area contributed by atoms with Gasteiger partial charge in [-0.15, -0.1) is 11.8 Å². The van der Waals surface area contributed by atoms with Gasteiger partial charge in [0.2, 0.25) is 0 Å². The van der Waals surface area contributed by atoms with Crippen LogP contribution in [0.3, 0.4) is 0 Å². The fourth-order valence-corrected chi connectivity index (χ4v) is 4.08. The van der Waals surface area contributed by atoms with Crippen LogP contribution in [-0.4, -0.2) is 17.3 Å². The minimum atomic E-state index is 0.487. The monoisotopic (exact) mass is 308 g/mol. The number of hydrogen-bond donors (Lipinski definition) is 2. The molecule has 2 nitrogen and oxygen atoms in total. The van der Waals surface area contributed by atoms with E-state index in [0.29, 0.717) is 11.0 Å². The van der Waals surface area contributed by atoms with Crippen LogP contribution in [0.15, 0.2) is 23.1 Å². The summed E-state index contributed by atoms with van der Waals surface area (Å²) in [6, 6.07) is 6.83. The van der Waals surface area contributed by atoms with Crippen LogP contribution in [0.5, 0.6) is 0 Å². The van der Waals surface area contributed by atoms with E-state index >= 15 is 0 Å². The highest BCUT2D eigenvalue weighted by molar-refractivity contribution is 7.98. The summed E-state index contributed by atoms with van der Waals surface area (Å²) in [7, 11) is 0. The molecule has 0 saturated heterocycles. The summed E-state index contributed by atoms with van der Waals surface area (Å²) in [4.78, 5) is 1.65. The second-order valence-electron chi connectivity index (χ2n) is 5.45. The highest BCUT2D eigenvalue weighted by atomic mass is 32.2. The Bertz CT molecular complexity index is 474. The average Bonchev–Trinajstić information content (AvgIpc) is 2.47. The molecule has 110 valence electrons. The molecule has 1 aromatic rings. The molecule has 0 heterocycles. The van der Waals surface area contributed by atoms with Gasteiger partial charge in [0.1, 0.15) is 4.99 Å². The molecular weight excluding hydrogens is 284 g/mol. The van der Waals surface area contributed by atoms with Crippen molar-refractivity contribution in [3.8, 4) is 0 Å². The molecule has 1 aromatic carbocycles. The Morgan fingerprint density at radius 1 is 1.40 bits per heavy atom. The van der Waals surface area contributed by atoms with Gasteiger partial charge in [-0.3, -0.25) is 0 Å². The first kappa shape index (κ1) is 15.6. The second-order valence-corrected chi connectivity index (χ2v) is 6.74. The molecule has 0 spiro atoms. The zero-order chi connectivity index (χ0) is 14.5. The van der Waals surface area contributed by atoms with Gasteiger partial charge < -0.3 is 11.1 Å². The highest BCUT2D eigenvalue weighted by Crippen LogP contribution is 2.32. The fraction of sp³-hybridized carbons (Fsp3) is 0.562. The van der Waals surface area contributed by atoms with Crippen LogP contribution in [0.1, 0.15) is 44.6 Å². The summed E-state index contributed by atoms with van der Waals surface area (Å²) in [5.74, 6) is 0.765. The molecule has 2 atom stereocenters. The van der Waals surface area contributed by atoms with Crippen molar-refractivity contribution in [1.29, 1.82) is 0 Å². The average molecular weight is 309 g/mol. The summed E-state index contributed by atoms with van der Waals surface area (Å²) < 4.78 is 0. The molecule has 1 aliphatic carbocycles. The maximum absolute atomic E-state index is 5.94. The van der Waals surface area contributed by atoms with Crippen LogP contribution < -0.4 is 11.1 Å². The topological polar surface area (TPSA) is 38.0 Å². The molecule has 0 amide bonds. The number of rotatable bonds is 5. The van der Waals surface area contributed by atoms with Crippen molar-refractivity contribution in [2.24, 2.45) is 11.7 Å². The zero-order valence-corrected chi connectivity index (χ0v) is 13.9. The lowest BCUT2D eigenvalue weighted by atomic mass is 9.82. The Hall–Kier alpha value is -0.740. The maximum atomic E-state index is 5.94. The van der Waals surface area contributed by atoms with Crippen molar-refractivity contribution in [2.75, 3.05) is 11.6 Å². The molecule has 1 fully saturated rings. The lowest BCUT2D eigenvalue weighted by molar-refractivity contribution is 0.317. The van der Waals surface area contributed by atoms with Crippen LogP contribution >= 0.6 is 24.0 Å². The van der Waals surface area contributed by atoms with Crippen molar-refractivity contribution >= 4 is 34.7 Å². The Balaban J connectivity index is 2.26. The van der Waals surface area contributed by atoms with Gasteiger partial charge >= 0.3 is 0 Å². The van der Waals surface area contributed by atoms with Crippen molar-refractivity contribution in [2.45, 2.75) is 50.0 Å². The quantitative estimate of drug-likeness (QED) is 0.623. The molecule has 1 aliphatic rings. The largest absolute Gasteiger partial charge is 0.389 e. The molecule has 3 N–H and O–H groups in total. The van der Waals surface area contributed by atoms with Crippen LogP contribution in [0, 0.1) is 5.92 Å². The normalized spacial score (nSPS) is 22.5. The Labute approximate surface area is 131 Å². The van der Waals surface area contributed by atoms with Gasteiger partial charge in [-0.05, 0) is 37.1 Å². The van der Waals surface area contributed by atoms with E-state index in [1.54, 1.807) is 11.8 Å². The van der Waals surface area contributed by atoms with E-state index in [1.165, 1.54) is 32.1 Å². The van der Waals surface area contributed by atoms with Gasteiger partial charge in [0.15, 0.2) is 0 Å². The van der Waals surface area contributed by atoms with Gasteiger partial charge in [0.05, 0.1) is 0 Å². The number of hydrogen-bond acceptors (Lipinski definition) is 3. The highest BCUT2D eigenvalue weighted by Gasteiger charge is 2.24. The number of thioether (sulfide) groups is 1. The lowest BCUT2D eigenvalue weighted by Gasteiger charge is -2.33. The minimum Gasteiger partial charge on any atom is -0.389 e. The summed E-state index contributed by atoms with van der Waals surface area (Å²) >= 11 is 6.95. The molecule has 0 radical (unpaired) electrons. The molecule has 1 saturated carbocycles. The van der Waals surface area contributed by atoms with Crippen molar-refractivity contribution in [1.82, 2.24) is 0 Å². The zero-order valence-electron chi connectivity index (χ0n) is 12.3. The molecule has 0 aliphatic heterocycles. The van der Waals surface area contributed by atoms with Gasteiger partial charge in [0, 0.05) is 22.2 Å². The predicted octanol–water partition coefficient (Wildman–Crippen LogP) is 4.42. The summed E-state index contributed by atoms with van der Waals surface area (Å²) in [6.07, 6.45) is 8.57. The van der Waals surface area contributed by atoms with Crippen LogP contribution in [0.4, 0.5) is 5.69 Å². The summed E-state index contributed by atoms with van der Waals surface area (Å²) in [5.41, 5.74) is 8.06. The van der Waals surface area contributed by atoms with E-state index in [-0.39, 0.29) is 0 Å². The molecule has 20 heavy (non-hydrogen) atoms. The third-order valence-corrected chi connectivity index (χ3v) is 5.25. The second kappa shape index (κ2) is 7.32. The van der Waals surface area contributed by atoms with E-state index in [9.17, 15) is 0 Å².